The van der Waals surface area contributed by atoms with Crippen molar-refractivity contribution in [2.75, 3.05) is 53.9 Å². The van der Waals surface area contributed by atoms with Crippen molar-refractivity contribution in [3.8, 4) is 17.0 Å². The van der Waals surface area contributed by atoms with Crippen LogP contribution in [0.1, 0.15) is 72.3 Å². The van der Waals surface area contributed by atoms with E-state index in [9.17, 15) is 13.2 Å². The van der Waals surface area contributed by atoms with Gasteiger partial charge in [0.05, 0.1) is 11.7 Å². The summed E-state index contributed by atoms with van der Waals surface area (Å²) >= 11 is 0. The molecule has 0 radical (unpaired) electrons. The lowest BCUT2D eigenvalue weighted by atomic mass is 9.81. The van der Waals surface area contributed by atoms with Crippen molar-refractivity contribution in [2.24, 2.45) is 5.92 Å². The van der Waals surface area contributed by atoms with Gasteiger partial charge in [-0.15, -0.1) is 0 Å². The summed E-state index contributed by atoms with van der Waals surface area (Å²) in [5, 5.41) is 1.16. The summed E-state index contributed by atoms with van der Waals surface area (Å²) in [4.78, 5) is 18.1. The molecule has 4 aliphatic rings. The van der Waals surface area contributed by atoms with E-state index < -0.39 is 16.1 Å². The molecule has 1 amide bonds. The van der Waals surface area contributed by atoms with E-state index in [1.807, 2.05) is 13.1 Å². The van der Waals surface area contributed by atoms with Gasteiger partial charge < -0.3 is 14.2 Å². The van der Waals surface area contributed by atoms with E-state index in [0.717, 1.165) is 67.0 Å². The summed E-state index contributed by atoms with van der Waals surface area (Å²) in [5.74, 6) is 1.57. The molecule has 0 spiro atoms. The highest BCUT2D eigenvalue weighted by atomic mass is 32.2. The fourth-order valence-corrected chi connectivity index (χ4v) is 8.39. The molecule has 1 unspecified atom stereocenters. The third-order valence-corrected chi connectivity index (χ3v) is 12.1. The fourth-order valence-electron chi connectivity index (χ4n) is 7.56. The Kier molecular flexibility index (Phi) is 8.43. The Morgan fingerprint density at radius 1 is 0.933 bits per heavy atom. The lowest BCUT2D eigenvalue weighted by Gasteiger charge is -2.34. The third kappa shape index (κ3) is 6.14. The number of fused-ring (bicyclic) bond motifs is 4. The average Bonchev–Trinajstić information content (AvgIpc) is 3.79. The van der Waals surface area contributed by atoms with E-state index in [1.165, 1.54) is 60.3 Å². The molecule has 4 bridgehead atoms. The minimum Gasteiger partial charge on any atom is -0.491 e. The summed E-state index contributed by atoms with van der Waals surface area (Å²) in [6.07, 6.45) is 9.60. The smallest absolute Gasteiger partial charge is 0.303 e. The molecule has 10 heteroatoms. The maximum absolute atomic E-state index is 13.5. The Labute approximate surface area is 267 Å². The predicted octanol–water partition coefficient (Wildman–Crippen LogP) is 4.85. The van der Waals surface area contributed by atoms with Crippen LogP contribution in [0.2, 0.25) is 0 Å². The van der Waals surface area contributed by atoms with Crippen molar-refractivity contribution < 1.29 is 17.9 Å². The number of carbonyl (C=O) groups is 1. The summed E-state index contributed by atoms with van der Waals surface area (Å²) in [6, 6.07) is 12.6. The maximum Gasteiger partial charge on any atom is 0.303 e. The molecule has 2 fully saturated rings. The van der Waals surface area contributed by atoms with E-state index in [1.54, 1.807) is 6.07 Å². The molecule has 3 aromatic rings. The first-order chi connectivity index (χ1) is 21.7. The molecule has 2 aromatic carbocycles. The average molecular weight is 634 g/mol. The first kappa shape index (κ1) is 30.7. The molecule has 2 aliphatic heterocycles. The number of nitrogens with zero attached hydrogens (tertiary/aromatic N) is 4. The minimum atomic E-state index is -3.99. The van der Waals surface area contributed by atoms with Gasteiger partial charge in [-0.1, -0.05) is 37.5 Å². The minimum absolute atomic E-state index is 0.113. The molecule has 2 saturated carbocycles. The zero-order chi connectivity index (χ0) is 31.3. The largest absolute Gasteiger partial charge is 0.491 e. The molecule has 1 atom stereocenters. The predicted molar refractivity (Wildman–Crippen MR) is 178 cm³/mol. The highest BCUT2D eigenvalue weighted by Gasteiger charge is 2.34. The second-order valence-electron chi connectivity index (χ2n) is 13.9. The topological polar surface area (TPSA) is 87.1 Å². The molecule has 1 N–H and O–H groups in total. The Balaban J connectivity index is 1.45. The number of aromatic nitrogens is 1. The van der Waals surface area contributed by atoms with Crippen LogP contribution in [0.15, 0.2) is 36.4 Å². The number of para-hydroxylation sites is 1. The van der Waals surface area contributed by atoms with Crippen LogP contribution in [0, 0.1) is 5.92 Å². The molecule has 242 valence electrons. The third-order valence-electron chi connectivity index (χ3n) is 10.6. The molecule has 2 aliphatic carbocycles. The Hall–Kier alpha value is -2.92. The second-order valence-corrected chi connectivity index (χ2v) is 15.7. The van der Waals surface area contributed by atoms with E-state index in [-0.39, 0.29) is 12.6 Å². The monoisotopic (exact) mass is 633 g/mol. The number of hydrogen-bond donors (Lipinski definition) is 1. The molecule has 1 aromatic heterocycles. The van der Waals surface area contributed by atoms with Crippen molar-refractivity contribution in [1.29, 1.82) is 0 Å². The number of hydrogen-bond acceptors (Lipinski definition) is 6. The number of likely N-dealkylation sites (N-methyl/N-ethyl adjacent to an activating group) is 3. The van der Waals surface area contributed by atoms with Gasteiger partial charge in [0.15, 0.2) is 0 Å². The molecule has 9 nitrogen and oxygen atoms in total. The summed E-state index contributed by atoms with van der Waals surface area (Å²) < 4.78 is 39.2. The second kappa shape index (κ2) is 12.4. The van der Waals surface area contributed by atoms with Gasteiger partial charge in [0.1, 0.15) is 12.4 Å². The van der Waals surface area contributed by atoms with Crippen LogP contribution in [0.3, 0.4) is 0 Å². The summed E-state index contributed by atoms with van der Waals surface area (Å²) in [7, 11) is 1.72. The Morgan fingerprint density at radius 2 is 1.71 bits per heavy atom. The molecule has 45 heavy (non-hydrogen) atoms. The quantitative estimate of drug-likeness (QED) is 0.444. The molecule has 0 saturated heterocycles. The standard InChI is InChI=1S/C35H47N5O4S/c1-37-16-18-38(2)28-22-40-31-21-27(35(41)36-45(42,43)39(3)19-17-37)14-15-29(31)32(25-8-5-4-6-9-25)33(40)30-11-7-10-26(20-24-12-13-24)34(30)44-23-28/h7,10-11,14-15,21,24-25,28H,4-6,8-9,12-13,16-20,22-23H2,1-3H3,(H,36,41). The number of nitrogens with one attached hydrogen (secondary N) is 1. The number of rotatable bonds is 3. The van der Waals surface area contributed by atoms with Crippen LogP contribution in [0.5, 0.6) is 5.75 Å². The van der Waals surface area contributed by atoms with Gasteiger partial charge in [0.2, 0.25) is 0 Å². The van der Waals surface area contributed by atoms with Crippen LogP contribution in [-0.4, -0.2) is 93.0 Å². The zero-order valence-corrected chi connectivity index (χ0v) is 27.7. The number of amides is 1. The van der Waals surface area contributed by atoms with Crippen molar-refractivity contribution in [1.82, 2.24) is 23.4 Å². The molecule has 7 rings (SSSR count). The first-order valence-electron chi connectivity index (χ1n) is 16.8. The van der Waals surface area contributed by atoms with Gasteiger partial charge in [-0.3, -0.25) is 9.69 Å². The number of carbonyl (C=O) groups excluding carboxylic acids is 1. The Bertz CT molecular complexity index is 1690. The van der Waals surface area contributed by atoms with Gasteiger partial charge >= 0.3 is 10.2 Å². The molecular weight excluding hydrogens is 586 g/mol. The first-order valence-corrected chi connectivity index (χ1v) is 18.2. The van der Waals surface area contributed by atoms with Gasteiger partial charge in [0, 0.05) is 61.8 Å². The van der Waals surface area contributed by atoms with E-state index in [0.29, 0.717) is 24.6 Å². The molecule has 3 heterocycles. The Morgan fingerprint density at radius 3 is 2.49 bits per heavy atom. The maximum atomic E-state index is 13.5. The number of ether oxygens (including phenoxy) is 1. The highest BCUT2D eigenvalue weighted by Crippen LogP contribution is 2.48. The number of benzene rings is 2. The van der Waals surface area contributed by atoms with E-state index >= 15 is 0 Å². The van der Waals surface area contributed by atoms with Crippen molar-refractivity contribution in [3.05, 3.63) is 53.1 Å². The normalized spacial score (nSPS) is 24.2. The van der Waals surface area contributed by atoms with Crippen molar-refractivity contribution in [3.63, 3.8) is 0 Å². The van der Waals surface area contributed by atoms with Crippen LogP contribution in [0.4, 0.5) is 0 Å². The van der Waals surface area contributed by atoms with Gasteiger partial charge in [-0.25, -0.2) is 4.72 Å². The van der Waals surface area contributed by atoms with Crippen LogP contribution >= 0.6 is 0 Å². The van der Waals surface area contributed by atoms with Crippen LogP contribution < -0.4 is 9.46 Å². The molecular formula is C35H47N5O4S. The van der Waals surface area contributed by atoms with E-state index in [2.05, 4.69) is 50.4 Å². The van der Waals surface area contributed by atoms with Gasteiger partial charge in [-0.2, -0.15) is 12.7 Å². The van der Waals surface area contributed by atoms with Crippen LogP contribution in [-0.2, 0) is 23.2 Å². The lowest BCUT2D eigenvalue weighted by molar-refractivity contribution is 0.0979. The SMILES string of the molecule is CN1CCN(C)C2COc3c(CC4CC4)cccc3-c3c(C4CCCCC4)c4ccc(cc4n3C2)C(=O)NS(=O)(=O)N(C)CC1. The summed E-state index contributed by atoms with van der Waals surface area (Å²) in [5.41, 5.74) is 6.36. The van der Waals surface area contributed by atoms with Crippen LogP contribution in [0.25, 0.3) is 22.2 Å². The van der Waals surface area contributed by atoms with Crippen molar-refractivity contribution in [2.45, 2.75) is 69.9 Å². The van der Waals surface area contributed by atoms with Gasteiger partial charge in [0.25, 0.3) is 5.91 Å². The lowest BCUT2D eigenvalue weighted by Crippen LogP contribution is -2.46. The van der Waals surface area contributed by atoms with Gasteiger partial charge in [-0.05, 0) is 87.4 Å². The fraction of sp³-hybridized carbons (Fsp3) is 0.571. The highest BCUT2D eigenvalue weighted by molar-refractivity contribution is 7.87. The summed E-state index contributed by atoms with van der Waals surface area (Å²) in [6.45, 7) is 3.75. The zero-order valence-electron chi connectivity index (χ0n) is 26.9. The van der Waals surface area contributed by atoms with E-state index in [4.69, 9.17) is 4.74 Å². The van der Waals surface area contributed by atoms with Crippen molar-refractivity contribution >= 4 is 27.0 Å².